The number of ether oxygens (including phenoxy) is 3. The van der Waals surface area contributed by atoms with E-state index in [1.54, 1.807) is 12.1 Å². The van der Waals surface area contributed by atoms with Gasteiger partial charge in [0.25, 0.3) is 0 Å². The Labute approximate surface area is 195 Å². The smallest absolute Gasteiger partial charge is 0.245 e. The lowest BCUT2D eigenvalue weighted by atomic mass is 9.95. The molecule has 33 heavy (non-hydrogen) atoms. The van der Waals surface area contributed by atoms with Crippen molar-refractivity contribution >= 4 is 12.0 Å². The van der Waals surface area contributed by atoms with Crippen LogP contribution in [0, 0.1) is 25.2 Å². The van der Waals surface area contributed by atoms with Crippen molar-refractivity contribution in [2.45, 2.75) is 58.0 Å². The number of amides is 1. The number of benzene rings is 1. The van der Waals surface area contributed by atoms with E-state index in [1.165, 1.54) is 70.9 Å². The summed E-state index contributed by atoms with van der Waals surface area (Å²) < 4.78 is 18.5. The average Bonchev–Trinajstić information content (AvgIpc) is 3.13. The van der Waals surface area contributed by atoms with E-state index in [4.69, 9.17) is 14.2 Å². The zero-order chi connectivity index (χ0) is 24.0. The molecule has 0 radical (unpaired) electrons. The van der Waals surface area contributed by atoms with Gasteiger partial charge in [0.2, 0.25) is 11.7 Å². The molecule has 2 aromatic rings. The quantitative estimate of drug-likeness (QED) is 0.569. The van der Waals surface area contributed by atoms with Gasteiger partial charge in [0.1, 0.15) is 6.04 Å². The summed E-state index contributed by atoms with van der Waals surface area (Å²) in [7, 11) is 4.53. The van der Waals surface area contributed by atoms with Crippen LogP contribution in [0.3, 0.4) is 0 Å². The number of carbonyl (C=O) groups excluding carboxylic acids is 1. The van der Waals surface area contributed by atoms with E-state index in [1.807, 2.05) is 6.08 Å². The number of rotatable bonds is 8. The Morgan fingerprint density at radius 3 is 2.27 bits per heavy atom. The van der Waals surface area contributed by atoms with Crippen LogP contribution in [0.4, 0.5) is 0 Å². The van der Waals surface area contributed by atoms with Crippen LogP contribution in [0.25, 0.3) is 6.08 Å². The van der Waals surface area contributed by atoms with Crippen LogP contribution in [0.1, 0.15) is 66.7 Å². The molecule has 1 aliphatic carbocycles. The average molecular weight is 452 g/mol. The van der Waals surface area contributed by atoms with Crippen molar-refractivity contribution in [2.24, 2.45) is 0 Å². The van der Waals surface area contributed by atoms with Gasteiger partial charge in [-0.05, 0) is 62.1 Å². The molecule has 176 valence electrons. The molecule has 1 aliphatic rings. The first kappa shape index (κ1) is 24.2. The number of aryl methyl sites for hydroxylation is 1. The topological polar surface area (TPSA) is 85.5 Å². The first-order valence-corrected chi connectivity index (χ1v) is 11.3. The number of nitrogens with zero attached hydrogens (tertiary/aromatic N) is 2. The Hall–Kier alpha value is -3.40. The fourth-order valence-electron chi connectivity index (χ4n) is 4.69. The zero-order valence-corrected chi connectivity index (χ0v) is 20.1. The van der Waals surface area contributed by atoms with Crippen molar-refractivity contribution in [1.29, 1.82) is 5.26 Å². The Kier molecular flexibility index (Phi) is 8.05. The monoisotopic (exact) mass is 451 g/mol. The van der Waals surface area contributed by atoms with Crippen LogP contribution in [0.15, 0.2) is 24.3 Å². The third-order valence-electron chi connectivity index (χ3n) is 6.31. The summed E-state index contributed by atoms with van der Waals surface area (Å²) in [4.78, 5) is 12.7. The van der Waals surface area contributed by atoms with Gasteiger partial charge in [-0.1, -0.05) is 19.3 Å². The van der Waals surface area contributed by atoms with E-state index < -0.39 is 6.04 Å². The van der Waals surface area contributed by atoms with Crippen molar-refractivity contribution in [1.82, 2.24) is 9.88 Å². The van der Waals surface area contributed by atoms with E-state index >= 15 is 0 Å². The predicted molar refractivity (Wildman–Crippen MR) is 128 cm³/mol. The number of carbonyl (C=O) groups is 1. The molecule has 0 aliphatic heterocycles. The molecule has 3 rings (SSSR count). The number of nitriles is 1. The molecule has 0 bridgehead atoms. The largest absolute Gasteiger partial charge is 0.493 e. The maximum atomic E-state index is 12.7. The van der Waals surface area contributed by atoms with Crippen molar-refractivity contribution in [3.05, 3.63) is 46.8 Å². The number of hydrogen-bond donors (Lipinski definition) is 1. The number of aromatic nitrogens is 1. The third kappa shape index (κ3) is 5.33. The van der Waals surface area contributed by atoms with Gasteiger partial charge < -0.3 is 24.1 Å². The number of methoxy groups -OCH3 is 3. The molecule has 1 amide bonds. The van der Waals surface area contributed by atoms with Crippen molar-refractivity contribution < 1.29 is 19.0 Å². The van der Waals surface area contributed by atoms with Crippen molar-refractivity contribution in [3.63, 3.8) is 0 Å². The standard InChI is InChI=1S/C26H33N3O4/c1-17-13-19(18(2)29(17)21-9-7-6-8-10-21)11-12-25(30)28-22(16-27)20-14-23(31-3)26(33-5)24(15-20)32-4/h11-15,21-22H,6-10H2,1-5H3,(H,28,30)/b12-11+. The molecule has 7 nitrogen and oxygen atoms in total. The van der Waals surface area contributed by atoms with Crippen LogP contribution in [0.2, 0.25) is 0 Å². The summed E-state index contributed by atoms with van der Waals surface area (Å²) in [6, 6.07) is 7.25. The lowest BCUT2D eigenvalue weighted by Gasteiger charge is -2.26. The molecule has 1 atom stereocenters. The molecule has 1 N–H and O–H groups in total. The Morgan fingerprint density at radius 2 is 1.73 bits per heavy atom. The molecule has 1 aromatic heterocycles. The van der Waals surface area contributed by atoms with Gasteiger partial charge in [-0.3, -0.25) is 4.79 Å². The normalized spacial score (nSPS) is 15.2. The second-order valence-corrected chi connectivity index (χ2v) is 8.35. The van der Waals surface area contributed by atoms with Gasteiger partial charge in [0.15, 0.2) is 11.5 Å². The van der Waals surface area contributed by atoms with E-state index in [-0.39, 0.29) is 5.91 Å². The number of nitrogens with one attached hydrogen (secondary N) is 1. The fraction of sp³-hybridized carbons (Fsp3) is 0.462. The Bertz CT molecular complexity index is 1030. The Morgan fingerprint density at radius 1 is 1.09 bits per heavy atom. The highest BCUT2D eigenvalue weighted by Gasteiger charge is 2.21. The summed E-state index contributed by atoms with van der Waals surface area (Å²) in [6.45, 7) is 4.22. The van der Waals surface area contributed by atoms with Gasteiger partial charge in [-0.15, -0.1) is 0 Å². The second kappa shape index (κ2) is 11.0. The van der Waals surface area contributed by atoms with Crippen LogP contribution < -0.4 is 19.5 Å². The molecule has 1 fully saturated rings. The Balaban J connectivity index is 1.77. The first-order chi connectivity index (χ1) is 15.9. The second-order valence-electron chi connectivity index (χ2n) is 8.35. The fourth-order valence-corrected chi connectivity index (χ4v) is 4.69. The van der Waals surface area contributed by atoms with E-state index in [0.29, 0.717) is 28.9 Å². The molecule has 0 saturated heterocycles. The lowest BCUT2D eigenvalue weighted by Crippen LogP contribution is -2.25. The SMILES string of the molecule is COc1cc(C(C#N)NC(=O)/C=C/c2cc(C)n(C3CCCCC3)c2C)cc(OC)c1OC. The van der Waals surface area contributed by atoms with E-state index in [0.717, 1.165) is 5.56 Å². The third-order valence-corrected chi connectivity index (χ3v) is 6.31. The van der Waals surface area contributed by atoms with Gasteiger partial charge in [-0.2, -0.15) is 5.26 Å². The van der Waals surface area contributed by atoms with Gasteiger partial charge in [-0.25, -0.2) is 0 Å². The maximum absolute atomic E-state index is 12.7. The minimum Gasteiger partial charge on any atom is -0.493 e. The van der Waals surface area contributed by atoms with E-state index in [9.17, 15) is 10.1 Å². The molecule has 1 heterocycles. The van der Waals surface area contributed by atoms with Crippen molar-refractivity contribution in [2.75, 3.05) is 21.3 Å². The summed E-state index contributed by atoms with van der Waals surface area (Å²) >= 11 is 0. The zero-order valence-electron chi connectivity index (χ0n) is 20.1. The summed E-state index contributed by atoms with van der Waals surface area (Å²) in [6.07, 6.45) is 9.57. The minimum absolute atomic E-state index is 0.349. The molecular formula is C26H33N3O4. The van der Waals surface area contributed by atoms with Crippen LogP contribution in [-0.2, 0) is 4.79 Å². The number of hydrogen-bond acceptors (Lipinski definition) is 5. The summed E-state index contributed by atoms with van der Waals surface area (Å²) in [5, 5.41) is 12.4. The van der Waals surface area contributed by atoms with Crippen molar-refractivity contribution in [3.8, 4) is 23.3 Å². The highest BCUT2D eigenvalue weighted by Crippen LogP contribution is 2.39. The van der Waals surface area contributed by atoms with Gasteiger partial charge in [0.05, 0.1) is 27.4 Å². The van der Waals surface area contributed by atoms with Crippen LogP contribution in [0.5, 0.6) is 17.2 Å². The first-order valence-electron chi connectivity index (χ1n) is 11.3. The summed E-state index contributed by atoms with van der Waals surface area (Å²) in [5.74, 6) is 0.928. The summed E-state index contributed by atoms with van der Waals surface area (Å²) in [5.41, 5.74) is 3.95. The molecule has 1 unspecified atom stereocenters. The predicted octanol–water partition coefficient (Wildman–Crippen LogP) is 5.03. The lowest BCUT2D eigenvalue weighted by molar-refractivity contribution is -0.116. The maximum Gasteiger partial charge on any atom is 0.245 e. The molecule has 7 heteroatoms. The molecular weight excluding hydrogens is 418 g/mol. The highest BCUT2D eigenvalue weighted by molar-refractivity contribution is 5.92. The molecule has 1 aromatic carbocycles. The van der Waals surface area contributed by atoms with Crippen LogP contribution in [-0.4, -0.2) is 31.8 Å². The van der Waals surface area contributed by atoms with Crippen LogP contribution >= 0.6 is 0 Å². The minimum atomic E-state index is -0.870. The molecule has 1 saturated carbocycles. The highest BCUT2D eigenvalue weighted by atomic mass is 16.5. The van der Waals surface area contributed by atoms with Gasteiger partial charge >= 0.3 is 0 Å². The molecule has 0 spiro atoms. The van der Waals surface area contributed by atoms with E-state index in [2.05, 4.69) is 35.9 Å². The van der Waals surface area contributed by atoms with Gasteiger partial charge in [0, 0.05) is 23.5 Å².